The van der Waals surface area contributed by atoms with E-state index >= 15 is 0 Å². The lowest BCUT2D eigenvalue weighted by Crippen LogP contribution is -2.10. The first-order valence-electron chi connectivity index (χ1n) is 9.16. The summed E-state index contributed by atoms with van der Waals surface area (Å²) in [7, 11) is 0. The van der Waals surface area contributed by atoms with Gasteiger partial charge in [0.05, 0.1) is 5.56 Å². The SMILES string of the molecule is Cc1nc(Oc2ccc(C(C)(C)C)cc2)c(N)c(-c2ccc(C(F)(F)F)cc2F)n1. The molecule has 0 aliphatic carbocycles. The van der Waals surface area contributed by atoms with Crippen LogP contribution in [0, 0.1) is 12.7 Å². The number of hydrogen-bond donors (Lipinski definition) is 1. The summed E-state index contributed by atoms with van der Waals surface area (Å²) in [5, 5.41) is 0. The minimum absolute atomic E-state index is 0.000284. The van der Waals surface area contributed by atoms with Gasteiger partial charge in [-0.3, -0.25) is 0 Å². The summed E-state index contributed by atoms with van der Waals surface area (Å²) in [4.78, 5) is 8.26. The lowest BCUT2D eigenvalue weighted by molar-refractivity contribution is -0.137. The van der Waals surface area contributed by atoms with Crippen molar-refractivity contribution in [3.63, 3.8) is 0 Å². The molecule has 3 aromatic rings. The summed E-state index contributed by atoms with van der Waals surface area (Å²) < 4.78 is 58.6. The highest BCUT2D eigenvalue weighted by Crippen LogP contribution is 2.37. The standard InChI is InChI=1S/C22H21F4N3O/c1-12-28-19(16-10-7-14(11-17(16)23)22(24,25)26)18(27)20(29-12)30-15-8-5-13(6-9-15)21(2,3)4/h5-11H,27H2,1-4H3. The molecule has 3 rings (SSSR count). The minimum atomic E-state index is -4.65. The zero-order valence-corrected chi connectivity index (χ0v) is 16.9. The largest absolute Gasteiger partial charge is 0.437 e. The molecule has 1 aromatic heterocycles. The Morgan fingerprint density at radius 3 is 2.03 bits per heavy atom. The number of halogens is 4. The van der Waals surface area contributed by atoms with Gasteiger partial charge in [0, 0.05) is 5.56 Å². The van der Waals surface area contributed by atoms with Gasteiger partial charge in [-0.05, 0) is 48.2 Å². The third-order valence-electron chi connectivity index (χ3n) is 4.51. The number of aromatic nitrogens is 2. The van der Waals surface area contributed by atoms with Crippen LogP contribution in [-0.2, 0) is 11.6 Å². The van der Waals surface area contributed by atoms with Crippen molar-refractivity contribution in [1.29, 1.82) is 0 Å². The lowest BCUT2D eigenvalue weighted by Gasteiger charge is -2.19. The van der Waals surface area contributed by atoms with E-state index in [9.17, 15) is 17.6 Å². The summed E-state index contributed by atoms with van der Waals surface area (Å²) in [6.07, 6.45) is -4.65. The highest BCUT2D eigenvalue weighted by molar-refractivity contribution is 5.76. The smallest absolute Gasteiger partial charge is 0.416 e. The highest BCUT2D eigenvalue weighted by Gasteiger charge is 2.31. The Hall–Kier alpha value is -3.16. The zero-order valence-electron chi connectivity index (χ0n) is 16.9. The minimum Gasteiger partial charge on any atom is -0.437 e. The van der Waals surface area contributed by atoms with Crippen molar-refractivity contribution in [2.75, 3.05) is 5.73 Å². The predicted molar refractivity (Wildman–Crippen MR) is 107 cm³/mol. The van der Waals surface area contributed by atoms with Gasteiger partial charge in [0.1, 0.15) is 28.8 Å². The third-order valence-corrected chi connectivity index (χ3v) is 4.51. The van der Waals surface area contributed by atoms with E-state index in [2.05, 4.69) is 30.7 Å². The second-order valence-corrected chi connectivity index (χ2v) is 7.91. The first-order chi connectivity index (χ1) is 13.9. The Balaban J connectivity index is 1.99. The average Bonchev–Trinajstić information content (AvgIpc) is 2.63. The van der Waals surface area contributed by atoms with Gasteiger partial charge in [-0.25, -0.2) is 9.37 Å². The molecule has 0 fully saturated rings. The van der Waals surface area contributed by atoms with Crippen molar-refractivity contribution in [1.82, 2.24) is 9.97 Å². The van der Waals surface area contributed by atoms with Gasteiger partial charge in [-0.2, -0.15) is 18.2 Å². The molecule has 30 heavy (non-hydrogen) atoms. The molecule has 2 aromatic carbocycles. The average molecular weight is 419 g/mol. The zero-order chi connectivity index (χ0) is 22.3. The molecule has 0 spiro atoms. The number of aryl methyl sites for hydroxylation is 1. The maximum absolute atomic E-state index is 14.4. The van der Waals surface area contributed by atoms with Crippen LogP contribution in [0.1, 0.15) is 37.7 Å². The first kappa shape index (κ1) is 21.5. The summed E-state index contributed by atoms with van der Waals surface area (Å²) >= 11 is 0. The summed E-state index contributed by atoms with van der Waals surface area (Å²) in [6, 6.07) is 9.54. The Bertz CT molecular complexity index is 1070. The van der Waals surface area contributed by atoms with E-state index in [1.807, 2.05) is 12.1 Å². The van der Waals surface area contributed by atoms with Gasteiger partial charge < -0.3 is 10.5 Å². The number of nitrogen functional groups attached to an aromatic ring is 1. The van der Waals surface area contributed by atoms with Crippen LogP contribution in [0.5, 0.6) is 11.6 Å². The summed E-state index contributed by atoms with van der Waals surface area (Å²) in [5.41, 5.74) is 5.80. The van der Waals surface area contributed by atoms with Crippen molar-refractivity contribution < 1.29 is 22.3 Å². The van der Waals surface area contributed by atoms with Gasteiger partial charge in [0.2, 0.25) is 5.88 Å². The molecule has 0 saturated carbocycles. The monoisotopic (exact) mass is 419 g/mol. The molecule has 0 atom stereocenters. The number of anilines is 1. The molecule has 0 bridgehead atoms. The number of nitrogens with two attached hydrogens (primary N) is 1. The molecule has 0 saturated heterocycles. The Morgan fingerprint density at radius 2 is 1.50 bits per heavy atom. The maximum Gasteiger partial charge on any atom is 0.416 e. The van der Waals surface area contributed by atoms with E-state index in [0.717, 1.165) is 17.7 Å². The molecule has 1 heterocycles. The van der Waals surface area contributed by atoms with Crippen molar-refractivity contribution in [3.05, 3.63) is 65.2 Å². The van der Waals surface area contributed by atoms with Crippen LogP contribution in [0.15, 0.2) is 42.5 Å². The Kier molecular flexibility index (Phi) is 5.45. The van der Waals surface area contributed by atoms with Crippen molar-refractivity contribution in [3.8, 4) is 22.9 Å². The van der Waals surface area contributed by atoms with Crippen molar-refractivity contribution in [2.24, 2.45) is 0 Å². The van der Waals surface area contributed by atoms with E-state index in [-0.39, 0.29) is 34.1 Å². The van der Waals surface area contributed by atoms with Crippen LogP contribution in [0.25, 0.3) is 11.3 Å². The fourth-order valence-corrected chi connectivity index (χ4v) is 2.86. The first-order valence-corrected chi connectivity index (χ1v) is 9.16. The van der Waals surface area contributed by atoms with E-state index in [1.54, 1.807) is 19.1 Å². The number of nitrogens with zero attached hydrogens (tertiary/aromatic N) is 2. The molecule has 0 aliphatic heterocycles. The van der Waals surface area contributed by atoms with Gasteiger partial charge in [-0.15, -0.1) is 0 Å². The fraction of sp³-hybridized carbons (Fsp3) is 0.273. The molecule has 0 aliphatic rings. The molecule has 0 radical (unpaired) electrons. The number of rotatable bonds is 3. The molecule has 4 nitrogen and oxygen atoms in total. The molecule has 8 heteroatoms. The van der Waals surface area contributed by atoms with E-state index in [4.69, 9.17) is 10.5 Å². The second-order valence-electron chi connectivity index (χ2n) is 7.91. The van der Waals surface area contributed by atoms with Gasteiger partial charge >= 0.3 is 6.18 Å². The van der Waals surface area contributed by atoms with Crippen molar-refractivity contribution >= 4 is 5.69 Å². The van der Waals surface area contributed by atoms with Gasteiger partial charge in [-0.1, -0.05) is 32.9 Å². The van der Waals surface area contributed by atoms with Gasteiger partial charge in [0.25, 0.3) is 0 Å². The van der Waals surface area contributed by atoms with Crippen LogP contribution >= 0.6 is 0 Å². The molecule has 2 N–H and O–H groups in total. The maximum atomic E-state index is 14.4. The normalized spacial score (nSPS) is 12.1. The number of benzene rings is 2. The van der Waals surface area contributed by atoms with Crippen molar-refractivity contribution in [2.45, 2.75) is 39.3 Å². The fourth-order valence-electron chi connectivity index (χ4n) is 2.86. The van der Waals surface area contributed by atoms with Crippen LogP contribution in [0.4, 0.5) is 23.2 Å². The number of ether oxygens (including phenoxy) is 1. The summed E-state index contributed by atoms with van der Waals surface area (Å²) in [5.74, 6) is -0.387. The van der Waals surface area contributed by atoms with Crippen LogP contribution in [0.2, 0.25) is 0 Å². The second kappa shape index (κ2) is 7.59. The predicted octanol–water partition coefficient (Wildman–Crippen LogP) is 6.28. The lowest BCUT2D eigenvalue weighted by atomic mass is 9.87. The molecule has 0 amide bonds. The third kappa shape index (κ3) is 4.53. The number of hydrogen-bond acceptors (Lipinski definition) is 4. The molecular formula is C22H21F4N3O. The number of alkyl halides is 3. The van der Waals surface area contributed by atoms with E-state index < -0.39 is 17.6 Å². The molecular weight excluding hydrogens is 398 g/mol. The Labute approximate surface area is 171 Å². The quantitative estimate of drug-likeness (QED) is 0.508. The summed E-state index contributed by atoms with van der Waals surface area (Å²) in [6.45, 7) is 7.80. The van der Waals surface area contributed by atoms with E-state index in [0.29, 0.717) is 11.8 Å². The van der Waals surface area contributed by atoms with E-state index in [1.165, 1.54) is 0 Å². The Morgan fingerprint density at radius 1 is 0.900 bits per heavy atom. The highest BCUT2D eigenvalue weighted by atomic mass is 19.4. The van der Waals surface area contributed by atoms with Crippen LogP contribution < -0.4 is 10.5 Å². The van der Waals surface area contributed by atoms with Crippen LogP contribution in [-0.4, -0.2) is 9.97 Å². The topological polar surface area (TPSA) is 61.0 Å². The van der Waals surface area contributed by atoms with Crippen LogP contribution in [0.3, 0.4) is 0 Å². The van der Waals surface area contributed by atoms with Gasteiger partial charge in [0.15, 0.2) is 0 Å². The molecule has 0 unspecified atom stereocenters. The molecule has 158 valence electrons.